The number of nitrogens with zero attached hydrogens (tertiary/aromatic N) is 1. The molecule has 2 rings (SSSR count). The molecule has 1 heterocycles. The molecule has 0 bridgehead atoms. The number of benzene rings is 1. The number of nitrogen functional groups attached to an aromatic ring is 1. The molecule has 1 aromatic carbocycles. The van der Waals surface area contributed by atoms with E-state index >= 15 is 0 Å². The molecule has 0 saturated heterocycles. The minimum atomic E-state index is 0.662. The molecule has 2 aromatic rings. The van der Waals surface area contributed by atoms with Crippen LogP contribution in [0.5, 0.6) is 5.75 Å². The smallest absolute Gasteiger partial charge is 0.119 e. The van der Waals surface area contributed by atoms with Crippen LogP contribution in [0.25, 0.3) is 11.1 Å². The fourth-order valence-electron chi connectivity index (χ4n) is 1.42. The Morgan fingerprint density at radius 2 is 2.00 bits per heavy atom. The summed E-state index contributed by atoms with van der Waals surface area (Å²) < 4.78 is 5.15. The van der Waals surface area contributed by atoms with Gasteiger partial charge in [0.15, 0.2) is 0 Å². The Morgan fingerprint density at radius 3 is 2.73 bits per heavy atom. The van der Waals surface area contributed by atoms with Crippen molar-refractivity contribution in [2.24, 2.45) is 0 Å². The van der Waals surface area contributed by atoms with E-state index in [0.717, 1.165) is 16.9 Å². The number of hydrogen-bond acceptors (Lipinski definition) is 3. The average Bonchev–Trinajstić information content (AvgIpc) is 2.29. The SMILES string of the molecule is COc1cccc(-c2cncc(N)c2)c1. The van der Waals surface area contributed by atoms with Crippen LogP contribution in [-0.4, -0.2) is 12.1 Å². The number of pyridine rings is 1. The first-order valence-corrected chi connectivity index (χ1v) is 4.64. The molecule has 0 fully saturated rings. The van der Waals surface area contributed by atoms with E-state index in [0.29, 0.717) is 5.69 Å². The Hall–Kier alpha value is -2.03. The van der Waals surface area contributed by atoms with Crippen molar-refractivity contribution in [3.63, 3.8) is 0 Å². The van der Waals surface area contributed by atoms with Crippen LogP contribution in [0.2, 0.25) is 0 Å². The monoisotopic (exact) mass is 200 g/mol. The molecule has 0 radical (unpaired) electrons. The molecular formula is C12H12N2O. The summed E-state index contributed by atoms with van der Waals surface area (Å²) in [4.78, 5) is 4.05. The Balaban J connectivity index is 2.44. The quantitative estimate of drug-likeness (QED) is 0.809. The maximum atomic E-state index is 5.67. The van der Waals surface area contributed by atoms with Crippen LogP contribution in [0.4, 0.5) is 5.69 Å². The normalized spacial score (nSPS) is 9.93. The van der Waals surface area contributed by atoms with Crippen LogP contribution in [-0.2, 0) is 0 Å². The zero-order valence-electron chi connectivity index (χ0n) is 8.47. The van der Waals surface area contributed by atoms with Crippen molar-refractivity contribution in [3.8, 4) is 16.9 Å². The summed E-state index contributed by atoms with van der Waals surface area (Å²) in [7, 11) is 1.65. The van der Waals surface area contributed by atoms with Gasteiger partial charge in [-0.3, -0.25) is 4.98 Å². The standard InChI is InChI=1S/C12H12N2O/c1-15-12-4-2-3-9(6-12)10-5-11(13)8-14-7-10/h2-8H,13H2,1H3. The first kappa shape index (κ1) is 9.52. The van der Waals surface area contributed by atoms with Crippen LogP contribution in [0.1, 0.15) is 0 Å². The van der Waals surface area contributed by atoms with E-state index in [1.807, 2.05) is 30.3 Å². The van der Waals surface area contributed by atoms with E-state index in [1.165, 1.54) is 0 Å². The highest BCUT2D eigenvalue weighted by molar-refractivity contribution is 5.67. The van der Waals surface area contributed by atoms with E-state index in [9.17, 15) is 0 Å². The van der Waals surface area contributed by atoms with Gasteiger partial charge in [-0.1, -0.05) is 12.1 Å². The Kier molecular flexibility index (Phi) is 2.54. The van der Waals surface area contributed by atoms with Gasteiger partial charge >= 0.3 is 0 Å². The molecule has 0 unspecified atom stereocenters. The van der Waals surface area contributed by atoms with Crippen molar-refractivity contribution in [1.82, 2.24) is 4.98 Å². The number of anilines is 1. The van der Waals surface area contributed by atoms with Crippen LogP contribution >= 0.6 is 0 Å². The molecule has 0 saturated carbocycles. The average molecular weight is 200 g/mol. The highest BCUT2D eigenvalue weighted by Gasteiger charge is 1.99. The van der Waals surface area contributed by atoms with Crippen molar-refractivity contribution < 1.29 is 4.74 Å². The van der Waals surface area contributed by atoms with Crippen molar-refractivity contribution in [2.45, 2.75) is 0 Å². The minimum Gasteiger partial charge on any atom is -0.497 e. The number of rotatable bonds is 2. The summed E-state index contributed by atoms with van der Waals surface area (Å²) in [5, 5.41) is 0. The summed E-state index contributed by atoms with van der Waals surface area (Å²) in [6, 6.07) is 9.69. The molecule has 0 aliphatic heterocycles. The van der Waals surface area contributed by atoms with Gasteiger partial charge in [0.2, 0.25) is 0 Å². The van der Waals surface area contributed by atoms with E-state index < -0.39 is 0 Å². The second kappa shape index (κ2) is 4.00. The van der Waals surface area contributed by atoms with E-state index in [4.69, 9.17) is 10.5 Å². The molecule has 1 aromatic heterocycles. The zero-order chi connectivity index (χ0) is 10.7. The van der Waals surface area contributed by atoms with Crippen molar-refractivity contribution in [3.05, 3.63) is 42.7 Å². The molecule has 0 atom stereocenters. The third-order valence-electron chi connectivity index (χ3n) is 2.16. The number of hydrogen-bond donors (Lipinski definition) is 1. The van der Waals surface area contributed by atoms with Gasteiger partial charge in [-0.25, -0.2) is 0 Å². The van der Waals surface area contributed by atoms with Gasteiger partial charge in [-0.15, -0.1) is 0 Å². The van der Waals surface area contributed by atoms with E-state index in [1.54, 1.807) is 19.5 Å². The highest BCUT2D eigenvalue weighted by atomic mass is 16.5. The molecule has 2 N–H and O–H groups in total. The minimum absolute atomic E-state index is 0.662. The van der Waals surface area contributed by atoms with Gasteiger partial charge < -0.3 is 10.5 Å². The maximum absolute atomic E-state index is 5.67. The van der Waals surface area contributed by atoms with Crippen molar-refractivity contribution in [2.75, 3.05) is 12.8 Å². The first-order chi connectivity index (χ1) is 7.29. The molecule has 0 spiro atoms. The molecule has 0 aliphatic rings. The largest absolute Gasteiger partial charge is 0.497 e. The van der Waals surface area contributed by atoms with E-state index in [2.05, 4.69) is 4.98 Å². The number of nitrogens with two attached hydrogens (primary N) is 1. The summed E-state index contributed by atoms with van der Waals surface area (Å²) in [5.74, 6) is 0.829. The summed E-state index contributed by atoms with van der Waals surface area (Å²) in [6.07, 6.45) is 3.41. The van der Waals surface area contributed by atoms with Gasteiger partial charge in [0.1, 0.15) is 5.75 Å². The Bertz CT molecular complexity index is 469. The fourth-order valence-corrected chi connectivity index (χ4v) is 1.42. The number of aromatic nitrogens is 1. The predicted molar refractivity (Wildman–Crippen MR) is 60.6 cm³/mol. The molecule has 76 valence electrons. The van der Waals surface area contributed by atoms with Crippen LogP contribution in [0.3, 0.4) is 0 Å². The third kappa shape index (κ3) is 2.07. The van der Waals surface area contributed by atoms with Gasteiger partial charge in [0, 0.05) is 18.0 Å². The topological polar surface area (TPSA) is 48.1 Å². The summed E-state index contributed by atoms with van der Waals surface area (Å²) in [6.45, 7) is 0. The molecular weight excluding hydrogens is 188 g/mol. The van der Waals surface area contributed by atoms with Gasteiger partial charge in [0.05, 0.1) is 12.8 Å². The Morgan fingerprint density at radius 1 is 1.13 bits per heavy atom. The van der Waals surface area contributed by atoms with Crippen LogP contribution in [0.15, 0.2) is 42.7 Å². The number of methoxy groups -OCH3 is 1. The number of ether oxygens (including phenoxy) is 1. The molecule has 0 amide bonds. The molecule has 3 nitrogen and oxygen atoms in total. The molecule has 15 heavy (non-hydrogen) atoms. The summed E-state index contributed by atoms with van der Waals surface area (Å²) >= 11 is 0. The lowest BCUT2D eigenvalue weighted by Gasteiger charge is -2.04. The lowest BCUT2D eigenvalue weighted by atomic mass is 10.1. The third-order valence-corrected chi connectivity index (χ3v) is 2.16. The zero-order valence-corrected chi connectivity index (χ0v) is 8.47. The maximum Gasteiger partial charge on any atom is 0.119 e. The second-order valence-corrected chi connectivity index (χ2v) is 3.24. The molecule has 3 heteroatoms. The van der Waals surface area contributed by atoms with Gasteiger partial charge in [-0.05, 0) is 23.8 Å². The van der Waals surface area contributed by atoms with Gasteiger partial charge in [-0.2, -0.15) is 0 Å². The van der Waals surface area contributed by atoms with Crippen molar-refractivity contribution >= 4 is 5.69 Å². The predicted octanol–water partition coefficient (Wildman–Crippen LogP) is 2.34. The van der Waals surface area contributed by atoms with Crippen molar-refractivity contribution in [1.29, 1.82) is 0 Å². The lowest BCUT2D eigenvalue weighted by Crippen LogP contribution is -1.88. The lowest BCUT2D eigenvalue weighted by molar-refractivity contribution is 0.415. The van der Waals surface area contributed by atoms with Crippen LogP contribution < -0.4 is 10.5 Å². The van der Waals surface area contributed by atoms with Gasteiger partial charge in [0.25, 0.3) is 0 Å². The highest BCUT2D eigenvalue weighted by Crippen LogP contribution is 2.24. The summed E-state index contributed by atoms with van der Waals surface area (Å²) in [5.41, 5.74) is 8.38. The van der Waals surface area contributed by atoms with E-state index in [-0.39, 0.29) is 0 Å². The fraction of sp³-hybridized carbons (Fsp3) is 0.0833. The second-order valence-electron chi connectivity index (χ2n) is 3.24. The Labute approximate surface area is 88.5 Å². The van der Waals surface area contributed by atoms with Crippen LogP contribution in [0, 0.1) is 0 Å². The first-order valence-electron chi connectivity index (χ1n) is 4.64. The molecule has 0 aliphatic carbocycles.